The molecule has 2 aromatic carbocycles. The van der Waals surface area contributed by atoms with Crippen LogP contribution in [0.4, 0.5) is 5.13 Å². The minimum Gasteiger partial charge on any atom is -0.448 e. The minimum absolute atomic E-state index is 0.0338. The van der Waals surface area contributed by atoms with Crippen molar-refractivity contribution in [2.45, 2.75) is 17.5 Å². The van der Waals surface area contributed by atoms with E-state index in [9.17, 15) is 14.4 Å². The number of β-lactam (4-membered cyclic amide) rings is 1. The Morgan fingerprint density at radius 2 is 1.82 bits per heavy atom. The lowest BCUT2D eigenvalue weighted by Crippen LogP contribution is -2.71. The summed E-state index contributed by atoms with van der Waals surface area (Å²) in [5.41, 5.74) is 8.75. The Kier molecular flexibility index (Phi) is 11.4. The van der Waals surface area contributed by atoms with Gasteiger partial charge in [-0.2, -0.15) is 9.36 Å². The summed E-state index contributed by atoms with van der Waals surface area (Å²) < 4.78 is 10.3. The number of nitrogens with two attached hydrogens (primary N) is 1. The van der Waals surface area contributed by atoms with Gasteiger partial charge in [-0.15, -0.1) is 23.5 Å². The number of aromatic nitrogens is 3. The van der Waals surface area contributed by atoms with Gasteiger partial charge in [-0.25, -0.2) is 4.79 Å². The number of thioether (sulfide) groups is 2. The maximum atomic E-state index is 14.2. The van der Waals surface area contributed by atoms with Gasteiger partial charge in [-0.05, 0) is 40.3 Å². The Labute approximate surface area is 300 Å². The molecule has 0 saturated carbocycles. The maximum absolute atomic E-state index is 14.2. The first-order valence-corrected chi connectivity index (χ1v) is 18.2. The van der Waals surface area contributed by atoms with Crippen LogP contribution in [0.5, 0.6) is 0 Å². The number of pyridine rings is 1. The molecule has 1 fully saturated rings. The predicted molar refractivity (Wildman–Crippen MR) is 196 cm³/mol. The van der Waals surface area contributed by atoms with Gasteiger partial charge in [0, 0.05) is 29.2 Å². The molecule has 2 atom stereocenters. The van der Waals surface area contributed by atoms with E-state index < -0.39 is 35.3 Å². The van der Waals surface area contributed by atoms with Gasteiger partial charge in [-0.3, -0.25) is 19.5 Å². The minimum atomic E-state index is -0.965. The maximum Gasteiger partial charge on any atom is 0.356 e. The van der Waals surface area contributed by atoms with Crippen LogP contribution in [0.25, 0.3) is 6.08 Å². The summed E-state index contributed by atoms with van der Waals surface area (Å²) in [5, 5.41) is 8.07. The molecule has 4 heterocycles. The second kappa shape index (κ2) is 16.4. The SMILES string of the molecule is C=CCO/N=C(/C(=O)NC1C(=O)N2C(C(=O)OC(c3ccccc3)c3ccccc3)=C(CS/C=C\c3ccccn3)CS[C@H]12)c1nsc(N)n1. The first kappa shape index (κ1) is 34.6. The van der Waals surface area contributed by atoms with Gasteiger partial charge in [0.05, 0.1) is 5.69 Å². The lowest BCUT2D eigenvalue weighted by atomic mass is 10.0. The van der Waals surface area contributed by atoms with E-state index in [1.165, 1.54) is 34.5 Å². The summed E-state index contributed by atoms with van der Waals surface area (Å²) >= 11 is 3.80. The Balaban J connectivity index is 1.26. The molecule has 2 amide bonds. The smallest absolute Gasteiger partial charge is 0.356 e. The molecular weight excluding hydrogens is 695 g/mol. The van der Waals surface area contributed by atoms with Crippen molar-refractivity contribution in [3.8, 4) is 0 Å². The number of oxime groups is 1. The molecule has 1 saturated heterocycles. The zero-order chi connectivity index (χ0) is 34.9. The molecule has 6 rings (SSSR count). The van der Waals surface area contributed by atoms with E-state index in [-0.39, 0.29) is 29.0 Å². The number of nitrogens with zero attached hydrogens (tertiary/aromatic N) is 5. The summed E-state index contributed by atoms with van der Waals surface area (Å²) in [5.74, 6) is -1.04. The zero-order valence-corrected chi connectivity index (χ0v) is 28.9. The Morgan fingerprint density at radius 3 is 2.46 bits per heavy atom. The van der Waals surface area contributed by atoms with Crippen molar-refractivity contribution >= 4 is 69.8 Å². The molecule has 0 radical (unpaired) electrons. The molecule has 12 nitrogen and oxygen atoms in total. The Bertz CT molecular complexity index is 1900. The van der Waals surface area contributed by atoms with E-state index in [0.717, 1.165) is 33.9 Å². The van der Waals surface area contributed by atoms with Crippen LogP contribution in [0.15, 0.2) is 120 Å². The van der Waals surface area contributed by atoms with Crippen molar-refractivity contribution in [2.75, 3.05) is 23.8 Å². The number of amides is 2. The highest BCUT2D eigenvalue weighted by atomic mass is 32.2. The van der Waals surface area contributed by atoms with Crippen molar-refractivity contribution in [3.63, 3.8) is 0 Å². The number of fused-ring (bicyclic) bond motifs is 1. The number of benzene rings is 2. The molecule has 50 heavy (non-hydrogen) atoms. The largest absolute Gasteiger partial charge is 0.448 e. The molecule has 2 aromatic heterocycles. The van der Waals surface area contributed by atoms with Crippen LogP contribution in [0.1, 0.15) is 28.7 Å². The van der Waals surface area contributed by atoms with Crippen molar-refractivity contribution in [1.82, 2.24) is 24.6 Å². The van der Waals surface area contributed by atoms with E-state index in [0.29, 0.717) is 11.5 Å². The number of ether oxygens (including phenoxy) is 1. The molecule has 15 heteroatoms. The van der Waals surface area contributed by atoms with Gasteiger partial charge >= 0.3 is 5.97 Å². The molecule has 4 aromatic rings. The van der Waals surface area contributed by atoms with E-state index in [4.69, 9.17) is 15.3 Å². The van der Waals surface area contributed by atoms with E-state index in [1.807, 2.05) is 90.3 Å². The number of esters is 1. The van der Waals surface area contributed by atoms with Crippen LogP contribution >= 0.6 is 35.1 Å². The fourth-order valence-electron chi connectivity index (χ4n) is 5.15. The number of carbonyl (C=O) groups excluding carboxylic acids is 3. The molecule has 254 valence electrons. The molecule has 1 unspecified atom stereocenters. The van der Waals surface area contributed by atoms with Crippen LogP contribution in [0, 0.1) is 0 Å². The Morgan fingerprint density at radius 1 is 1.10 bits per heavy atom. The van der Waals surface area contributed by atoms with Gasteiger partial charge < -0.3 is 20.6 Å². The lowest BCUT2D eigenvalue weighted by molar-refractivity contribution is -0.154. The predicted octanol–water partition coefficient (Wildman–Crippen LogP) is 4.81. The van der Waals surface area contributed by atoms with Crippen molar-refractivity contribution in [1.29, 1.82) is 0 Å². The van der Waals surface area contributed by atoms with Gasteiger partial charge in [-0.1, -0.05) is 84.5 Å². The van der Waals surface area contributed by atoms with Crippen LogP contribution in [-0.4, -0.2) is 72.3 Å². The quantitative estimate of drug-likeness (QED) is 0.0458. The van der Waals surface area contributed by atoms with Crippen LogP contribution in [0.3, 0.4) is 0 Å². The first-order chi connectivity index (χ1) is 24.4. The number of carbonyl (C=O) groups is 3. The molecule has 2 aliphatic heterocycles. The number of nitrogens with one attached hydrogen (secondary N) is 1. The van der Waals surface area contributed by atoms with Crippen molar-refractivity contribution in [3.05, 3.63) is 137 Å². The van der Waals surface area contributed by atoms with Crippen molar-refractivity contribution < 1.29 is 24.0 Å². The second-order valence-electron chi connectivity index (χ2n) is 10.8. The molecule has 0 bridgehead atoms. The van der Waals surface area contributed by atoms with Crippen molar-refractivity contribution in [2.24, 2.45) is 5.16 Å². The lowest BCUT2D eigenvalue weighted by Gasteiger charge is -2.49. The van der Waals surface area contributed by atoms with E-state index in [2.05, 4.69) is 31.4 Å². The summed E-state index contributed by atoms with van der Waals surface area (Å²) in [7, 11) is 0. The number of rotatable bonds is 14. The fourth-order valence-corrected chi connectivity index (χ4v) is 7.83. The first-order valence-electron chi connectivity index (χ1n) is 15.3. The zero-order valence-electron chi connectivity index (χ0n) is 26.5. The fraction of sp³-hybridized carbons (Fsp3) is 0.171. The highest BCUT2D eigenvalue weighted by Gasteiger charge is 2.55. The molecule has 3 N–H and O–H groups in total. The highest BCUT2D eigenvalue weighted by molar-refractivity contribution is 8.02. The number of hydrogen-bond acceptors (Lipinski definition) is 13. The summed E-state index contributed by atoms with van der Waals surface area (Å²) in [4.78, 5) is 56.5. The van der Waals surface area contributed by atoms with E-state index in [1.54, 1.807) is 6.20 Å². The molecule has 0 aliphatic carbocycles. The van der Waals surface area contributed by atoms with Gasteiger partial charge in [0.15, 0.2) is 11.2 Å². The monoisotopic (exact) mass is 725 g/mol. The third-order valence-electron chi connectivity index (χ3n) is 7.45. The summed E-state index contributed by atoms with van der Waals surface area (Å²) in [6, 6.07) is 23.5. The molecule has 0 spiro atoms. The van der Waals surface area contributed by atoms with E-state index >= 15 is 0 Å². The van der Waals surface area contributed by atoms with Crippen LogP contribution < -0.4 is 11.1 Å². The average Bonchev–Trinajstić information content (AvgIpc) is 3.59. The third-order valence-corrected chi connectivity index (χ3v) is 10.2. The van der Waals surface area contributed by atoms with Gasteiger partial charge in [0.25, 0.3) is 11.8 Å². The molecular formula is C35H31N7O5S3. The third kappa shape index (κ3) is 7.96. The molecule has 2 aliphatic rings. The van der Waals surface area contributed by atoms with Gasteiger partial charge in [0.2, 0.25) is 11.5 Å². The number of nitrogen functional groups attached to an aromatic ring is 1. The topological polar surface area (TPSA) is 162 Å². The summed E-state index contributed by atoms with van der Waals surface area (Å²) in [6.07, 6.45) is 4.34. The van der Waals surface area contributed by atoms with Crippen LogP contribution in [0.2, 0.25) is 0 Å². The second-order valence-corrected chi connectivity index (χ2v) is 13.6. The number of anilines is 1. The normalized spacial score (nSPS) is 17.3. The average molecular weight is 726 g/mol. The standard InChI is InChI=1S/C35H31N7O5S3/c1-2-18-46-40-26(30-39-35(36)50-41-30)31(43)38-27-32(44)42-28(24(21-49-33(27)42)20-48-19-16-25-15-9-10-17-37-25)34(45)47-29(22-11-5-3-6-12-22)23-13-7-4-8-14-23/h2-17,19,27,29,33H,1,18,20-21H2,(H,38,43)(H2,36,39,41)/b19-16-,40-26+/t27?,33-/m1/s1. The summed E-state index contributed by atoms with van der Waals surface area (Å²) in [6.45, 7) is 3.61. The van der Waals surface area contributed by atoms with Crippen LogP contribution in [-0.2, 0) is 24.0 Å². The Hall–Kier alpha value is -5.25. The number of hydrogen-bond donors (Lipinski definition) is 2. The highest BCUT2D eigenvalue weighted by Crippen LogP contribution is 2.42. The van der Waals surface area contributed by atoms with Gasteiger partial charge in [0.1, 0.15) is 23.7 Å².